The van der Waals surface area contributed by atoms with Gasteiger partial charge in [0, 0.05) is 29.1 Å². The number of hydrogen-bond acceptors (Lipinski definition) is 5. The first-order valence-electron chi connectivity index (χ1n) is 5.96. The van der Waals surface area contributed by atoms with Gasteiger partial charge in [-0.15, -0.1) is 23.4 Å². The van der Waals surface area contributed by atoms with Gasteiger partial charge in [0.05, 0.1) is 5.25 Å². The molecule has 2 atom stereocenters. The van der Waals surface area contributed by atoms with Crippen molar-refractivity contribution in [3.8, 4) is 0 Å². The predicted octanol–water partition coefficient (Wildman–Crippen LogP) is 3.54. The lowest BCUT2D eigenvalue weighted by Gasteiger charge is -2.27. The predicted molar refractivity (Wildman–Crippen MR) is 75.1 cm³/mol. The van der Waals surface area contributed by atoms with Gasteiger partial charge in [-0.05, 0) is 12.8 Å². The summed E-state index contributed by atoms with van der Waals surface area (Å²) in [4.78, 5) is 4.50. The monoisotopic (exact) mass is 292 g/mol. The summed E-state index contributed by atoms with van der Waals surface area (Å²) in [6.45, 7) is 2.23. The van der Waals surface area contributed by atoms with E-state index < -0.39 is 0 Å². The first kappa shape index (κ1) is 13.6. The Hall–Kier alpha value is 0.130. The molecule has 17 heavy (non-hydrogen) atoms. The number of nitrogens with zero attached hydrogens (tertiary/aromatic N) is 2. The third kappa shape index (κ3) is 3.55. The van der Waals surface area contributed by atoms with Gasteiger partial charge in [0.1, 0.15) is 0 Å². The standard InChI is InChI=1S/C11H17ClN2OS2/c1-2-8-10(17-7-6-16-8)11-13-9(15-14-11)4-3-5-12/h8,10H,2-7H2,1H3. The van der Waals surface area contributed by atoms with Crippen LogP contribution in [0.3, 0.4) is 0 Å². The summed E-state index contributed by atoms with van der Waals surface area (Å²) in [5, 5.41) is 5.14. The summed E-state index contributed by atoms with van der Waals surface area (Å²) in [7, 11) is 0. The maximum absolute atomic E-state index is 5.66. The molecule has 0 amide bonds. The molecule has 1 fully saturated rings. The van der Waals surface area contributed by atoms with Crippen LogP contribution in [0.4, 0.5) is 0 Å². The summed E-state index contributed by atoms with van der Waals surface area (Å²) in [5.41, 5.74) is 0. The first-order valence-corrected chi connectivity index (χ1v) is 8.60. The molecule has 2 heterocycles. The number of aryl methyl sites for hydroxylation is 1. The number of rotatable bonds is 5. The molecule has 0 saturated carbocycles. The summed E-state index contributed by atoms with van der Waals surface area (Å²) in [5.74, 6) is 4.66. The van der Waals surface area contributed by atoms with Crippen LogP contribution in [0.25, 0.3) is 0 Å². The minimum atomic E-state index is 0.396. The molecule has 2 unspecified atom stereocenters. The molecule has 0 radical (unpaired) electrons. The van der Waals surface area contributed by atoms with Gasteiger partial charge >= 0.3 is 0 Å². The van der Waals surface area contributed by atoms with E-state index in [9.17, 15) is 0 Å². The number of halogens is 1. The van der Waals surface area contributed by atoms with E-state index in [4.69, 9.17) is 16.1 Å². The summed E-state index contributed by atoms with van der Waals surface area (Å²) in [6, 6.07) is 0. The number of thioether (sulfide) groups is 2. The Morgan fingerprint density at radius 3 is 3.00 bits per heavy atom. The minimum absolute atomic E-state index is 0.396. The molecule has 2 rings (SSSR count). The normalized spacial score (nSPS) is 25.1. The minimum Gasteiger partial charge on any atom is -0.339 e. The van der Waals surface area contributed by atoms with Crippen molar-refractivity contribution in [3.05, 3.63) is 11.7 Å². The quantitative estimate of drug-likeness (QED) is 0.776. The topological polar surface area (TPSA) is 38.9 Å². The van der Waals surface area contributed by atoms with Gasteiger partial charge in [-0.1, -0.05) is 12.1 Å². The van der Waals surface area contributed by atoms with Crippen LogP contribution in [0.15, 0.2) is 4.52 Å². The lowest BCUT2D eigenvalue weighted by atomic mass is 10.2. The molecule has 3 nitrogen and oxygen atoms in total. The molecule has 96 valence electrons. The van der Waals surface area contributed by atoms with Crippen molar-refractivity contribution in [2.45, 2.75) is 36.7 Å². The van der Waals surface area contributed by atoms with Crippen LogP contribution in [0, 0.1) is 0 Å². The van der Waals surface area contributed by atoms with Gasteiger partial charge in [0.25, 0.3) is 0 Å². The molecule has 6 heteroatoms. The fourth-order valence-electron chi connectivity index (χ4n) is 1.85. The van der Waals surface area contributed by atoms with Crippen LogP contribution in [0.2, 0.25) is 0 Å². The SMILES string of the molecule is CCC1SCCSC1c1noc(CCCCl)n1. The average Bonchev–Trinajstić information content (AvgIpc) is 2.85. The fraction of sp³-hybridized carbons (Fsp3) is 0.818. The number of hydrogen-bond donors (Lipinski definition) is 0. The van der Waals surface area contributed by atoms with Crippen molar-refractivity contribution in [1.82, 2.24) is 10.1 Å². The zero-order chi connectivity index (χ0) is 12.1. The summed E-state index contributed by atoms with van der Waals surface area (Å²) >= 11 is 9.64. The van der Waals surface area contributed by atoms with Crippen molar-refractivity contribution in [3.63, 3.8) is 0 Å². The van der Waals surface area contributed by atoms with E-state index in [1.807, 2.05) is 23.5 Å². The maximum atomic E-state index is 5.66. The van der Waals surface area contributed by atoms with Gasteiger partial charge in [-0.25, -0.2) is 0 Å². The van der Waals surface area contributed by atoms with Crippen molar-refractivity contribution >= 4 is 35.1 Å². The average molecular weight is 293 g/mol. The molecule has 1 aliphatic heterocycles. The van der Waals surface area contributed by atoms with Crippen LogP contribution >= 0.6 is 35.1 Å². The van der Waals surface area contributed by atoms with E-state index in [0.29, 0.717) is 16.4 Å². The molecular weight excluding hydrogens is 276 g/mol. The second-order valence-electron chi connectivity index (χ2n) is 3.95. The maximum Gasteiger partial charge on any atom is 0.226 e. The second kappa shape index (κ2) is 6.90. The Bertz CT molecular complexity index is 348. The van der Waals surface area contributed by atoms with Crippen LogP contribution in [0.5, 0.6) is 0 Å². The lowest BCUT2D eigenvalue weighted by molar-refractivity contribution is 0.371. The van der Waals surface area contributed by atoms with Crippen molar-refractivity contribution in [2.24, 2.45) is 0 Å². The summed E-state index contributed by atoms with van der Waals surface area (Å²) < 4.78 is 5.27. The molecular formula is C11H17ClN2OS2. The Labute approximate surface area is 115 Å². The Kier molecular flexibility index (Phi) is 5.50. The van der Waals surface area contributed by atoms with Gasteiger partial charge < -0.3 is 4.52 Å². The highest BCUT2D eigenvalue weighted by Gasteiger charge is 2.30. The molecule has 0 spiro atoms. The smallest absolute Gasteiger partial charge is 0.226 e. The molecule has 1 aromatic rings. The van der Waals surface area contributed by atoms with E-state index >= 15 is 0 Å². The van der Waals surface area contributed by atoms with Gasteiger partial charge in [0.15, 0.2) is 5.82 Å². The zero-order valence-electron chi connectivity index (χ0n) is 9.89. The molecule has 1 aromatic heterocycles. The molecule has 1 saturated heterocycles. The molecule has 1 aliphatic rings. The van der Waals surface area contributed by atoms with E-state index in [-0.39, 0.29) is 0 Å². The molecule has 0 aliphatic carbocycles. The van der Waals surface area contributed by atoms with Crippen LogP contribution in [0.1, 0.15) is 36.7 Å². The first-order chi connectivity index (χ1) is 8.35. The largest absolute Gasteiger partial charge is 0.339 e. The van der Waals surface area contributed by atoms with Crippen molar-refractivity contribution in [2.75, 3.05) is 17.4 Å². The Balaban J connectivity index is 2.02. The van der Waals surface area contributed by atoms with Crippen molar-refractivity contribution < 1.29 is 4.52 Å². The van der Waals surface area contributed by atoms with Gasteiger partial charge in [0.2, 0.25) is 5.89 Å². The third-order valence-corrected chi connectivity index (χ3v) is 6.22. The summed E-state index contributed by atoms with van der Waals surface area (Å²) in [6.07, 6.45) is 2.85. The highest BCUT2D eigenvalue weighted by molar-refractivity contribution is 8.06. The fourth-order valence-corrected chi connectivity index (χ4v) is 4.96. The second-order valence-corrected chi connectivity index (χ2v) is 6.92. The van der Waals surface area contributed by atoms with E-state index in [1.54, 1.807) is 0 Å². The Morgan fingerprint density at radius 1 is 1.41 bits per heavy atom. The van der Waals surface area contributed by atoms with Crippen LogP contribution in [-0.4, -0.2) is 32.8 Å². The Morgan fingerprint density at radius 2 is 2.24 bits per heavy atom. The van der Waals surface area contributed by atoms with E-state index in [0.717, 1.165) is 31.0 Å². The number of aromatic nitrogens is 2. The highest BCUT2D eigenvalue weighted by Crippen LogP contribution is 2.42. The number of alkyl halides is 1. The highest BCUT2D eigenvalue weighted by atomic mass is 35.5. The van der Waals surface area contributed by atoms with Crippen LogP contribution < -0.4 is 0 Å². The van der Waals surface area contributed by atoms with E-state index in [1.165, 1.54) is 11.5 Å². The van der Waals surface area contributed by atoms with Gasteiger partial charge in [-0.2, -0.15) is 16.7 Å². The third-order valence-electron chi connectivity index (χ3n) is 2.72. The molecule has 0 N–H and O–H groups in total. The molecule has 0 bridgehead atoms. The molecule has 0 aromatic carbocycles. The van der Waals surface area contributed by atoms with Crippen molar-refractivity contribution in [1.29, 1.82) is 0 Å². The van der Waals surface area contributed by atoms with E-state index in [2.05, 4.69) is 17.1 Å². The lowest BCUT2D eigenvalue weighted by Crippen LogP contribution is -2.19. The zero-order valence-corrected chi connectivity index (χ0v) is 12.3. The van der Waals surface area contributed by atoms with Crippen LogP contribution in [-0.2, 0) is 6.42 Å². The van der Waals surface area contributed by atoms with Gasteiger partial charge in [-0.3, -0.25) is 0 Å².